The highest BCUT2D eigenvalue weighted by molar-refractivity contribution is 5.73. The Labute approximate surface area is 194 Å². The molecule has 172 valence electrons. The maximum absolute atomic E-state index is 13.3. The highest BCUT2D eigenvalue weighted by atomic mass is 19.1. The van der Waals surface area contributed by atoms with Crippen molar-refractivity contribution >= 4 is 5.91 Å². The van der Waals surface area contributed by atoms with Crippen LogP contribution in [0.3, 0.4) is 0 Å². The molecule has 33 heavy (non-hydrogen) atoms. The molecule has 0 spiro atoms. The van der Waals surface area contributed by atoms with Crippen molar-refractivity contribution in [3.8, 4) is 5.75 Å². The largest absolute Gasteiger partial charge is 0.489 e. The van der Waals surface area contributed by atoms with Crippen molar-refractivity contribution in [3.05, 3.63) is 95.6 Å². The summed E-state index contributed by atoms with van der Waals surface area (Å²) in [5.41, 5.74) is 2.97. The van der Waals surface area contributed by atoms with E-state index in [1.165, 1.54) is 17.7 Å². The lowest BCUT2D eigenvalue weighted by atomic mass is 9.87. The molecule has 0 radical (unpaired) electrons. The number of nitrogens with zero attached hydrogens (tertiary/aromatic N) is 2. The van der Waals surface area contributed by atoms with Gasteiger partial charge in [0.2, 0.25) is 5.91 Å². The molecule has 4 rings (SSSR count). The second-order valence-electron chi connectivity index (χ2n) is 8.61. The van der Waals surface area contributed by atoms with Gasteiger partial charge in [0.05, 0.1) is 11.7 Å². The molecule has 1 amide bonds. The van der Waals surface area contributed by atoms with Gasteiger partial charge in [0.1, 0.15) is 18.2 Å². The topological polar surface area (TPSA) is 54.5 Å². The normalized spacial score (nSPS) is 15.7. The fourth-order valence-corrected chi connectivity index (χ4v) is 4.40. The van der Waals surface area contributed by atoms with Crippen molar-refractivity contribution in [2.24, 2.45) is 5.92 Å². The first-order valence-corrected chi connectivity index (χ1v) is 11.4. The van der Waals surface area contributed by atoms with Crippen LogP contribution in [0, 0.1) is 11.7 Å². The van der Waals surface area contributed by atoms with E-state index in [-0.39, 0.29) is 17.8 Å². The number of ether oxygens (including phenoxy) is 1. The van der Waals surface area contributed by atoms with Gasteiger partial charge >= 0.3 is 0 Å². The average Bonchev–Trinajstić information content (AvgIpc) is 2.83. The third-order valence-corrected chi connectivity index (χ3v) is 6.09. The predicted octanol–water partition coefficient (Wildman–Crippen LogP) is 4.89. The minimum Gasteiger partial charge on any atom is -0.489 e. The SMILES string of the molecule is CC(=O)N[C@@H](c1ccccn1)C1CCN(Cc2ccc(OCc3cccc(F)c3)cc2)CC1. The molecule has 1 atom stereocenters. The molecule has 1 aromatic heterocycles. The minimum atomic E-state index is -0.251. The van der Waals surface area contributed by atoms with Gasteiger partial charge in [-0.25, -0.2) is 4.39 Å². The van der Waals surface area contributed by atoms with Gasteiger partial charge in [0.15, 0.2) is 0 Å². The number of likely N-dealkylation sites (tertiary alicyclic amines) is 1. The number of hydrogen-bond acceptors (Lipinski definition) is 4. The highest BCUT2D eigenvalue weighted by Crippen LogP contribution is 2.30. The van der Waals surface area contributed by atoms with Crippen molar-refractivity contribution in [3.63, 3.8) is 0 Å². The van der Waals surface area contributed by atoms with Crippen LogP contribution >= 0.6 is 0 Å². The minimum absolute atomic E-state index is 0.0206. The van der Waals surface area contributed by atoms with E-state index in [9.17, 15) is 9.18 Å². The van der Waals surface area contributed by atoms with Gasteiger partial charge < -0.3 is 10.1 Å². The molecular weight excluding hydrogens is 417 g/mol. The average molecular weight is 448 g/mol. The van der Waals surface area contributed by atoms with Crippen LogP contribution in [-0.4, -0.2) is 28.9 Å². The van der Waals surface area contributed by atoms with E-state index >= 15 is 0 Å². The van der Waals surface area contributed by atoms with E-state index in [0.29, 0.717) is 12.5 Å². The molecule has 1 N–H and O–H groups in total. The van der Waals surface area contributed by atoms with Crippen LogP contribution in [0.15, 0.2) is 72.9 Å². The maximum Gasteiger partial charge on any atom is 0.217 e. The van der Waals surface area contributed by atoms with Gasteiger partial charge in [-0.15, -0.1) is 0 Å². The van der Waals surface area contributed by atoms with Gasteiger partial charge in [-0.2, -0.15) is 0 Å². The van der Waals surface area contributed by atoms with E-state index in [0.717, 1.165) is 49.5 Å². The number of nitrogens with one attached hydrogen (secondary N) is 1. The number of carbonyl (C=O) groups is 1. The molecule has 6 heteroatoms. The lowest BCUT2D eigenvalue weighted by Crippen LogP contribution is -2.40. The number of benzene rings is 2. The Bertz CT molecular complexity index is 1030. The monoisotopic (exact) mass is 447 g/mol. The Morgan fingerprint density at radius 3 is 2.55 bits per heavy atom. The Balaban J connectivity index is 1.28. The summed E-state index contributed by atoms with van der Waals surface area (Å²) in [5.74, 6) is 0.875. The smallest absolute Gasteiger partial charge is 0.217 e. The molecular formula is C27H30FN3O2. The first kappa shape index (κ1) is 22.9. The van der Waals surface area contributed by atoms with Crippen LogP contribution in [0.2, 0.25) is 0 Å². The van der Waals surface area contributed by atoms with Crippen LogP contribution in [0.5, 0.6) is 5.75 Å². The zero-order valence-corrected chi connectivity index (χ0v) is 18.9. The Morgan fingerprint density at radius 1 is 1.09 bits per heavy atom. The van der Waals surface area contributed by atoms with Gasteiger partial charge in [-0.3, -0.25) is 14.7 Å². The second kappa shape index (κ2) is 11.1. The third-order valence-electron chi connectivity index (χ3n) is 6.09. The van der Waals surface area contributed by atoms with E-state index in [2.05, 4.69) is 27.3 Å². The van der Waals surface area contributed by atoms with Gasteiger partial charge in [0, 0.05) is 19.7 Å². The molecule has 1 aliphatic rings. The Hall–Kier alpha value is -3.25. The number of piperidine rings is 1. The third kappa shape index (κ3) is 6.62. The molecule has 0 unspecified atom stereocenters. The quantitative estimate of drug-likeness (QED) is 0.534. The number of rotatable bonds is 8. The lowest BCUT2D eigenvalue weighted by Gasteiger charge is -2.36. The van der Waals surface area contributed by atoms with E-state index < -0.39 is 0 Å². The Morgan fingerprint density at radius 2 is 1.88 bits per heavy atom. The number of aromatic nitrogens is 1. The Kier molecular flexibility index (Phi) is 7.68. The lowest BCUT2D eigenvalue weighted by molar-refractivity contribution is -0.120. The van der Waals surface area contributed by atoms with E-state index in [4.69, 9.17) is 4.74 Å². The molecule has 1 fully saturated rings. The van der Waals surface area contributed by atoms with E-state index in [1.54, 1.807) is 19.2 Å². The van der Waals surface area contributed by atoms with Gasteiger partial charge in [0.25, 0.3) is 0 Å². The summed E-state index contributed by atoms with van der Waals surface area (Å²) in [5, 5.41) is 3.11. The first-order chi connectivity index (χ1) is 16.1. The number of carbonyl (C=O) groups excluding carboxylic acids is 1. The van der Waals surface area contributed by atoms with Crippen molar-refractivity contribution in [1.29, 1.82) is 0 Å². The molecule has 0 saturated carbocycles. The molecule has 5 nitrogen and oxygen atoms in total. The summed E-state index contributed by atoms with van der Waals surface area (Å²) in [6.45, 7) is 4.75. The van der Waals surface area contributed by atoms with Crippen LogP contribution in [0.1, 0.15) is 42.6 Å². The van der Waals surface area contributed by atoms with Crippen molar-refractivity contribution in [1.82, 2.24) is 15.2 Å². The van der Waals surface area contributed by atoms with Crippen molar-refractivity contribution in [2.45, 2.75) is 39.0 Å². The number of hydrogen-bond donors (Lipinski definition) is 1. The highest BCUT2D eigenvalue weighted by Gasteiger charge is 2.29. The molecule has 0 bridgehead atoms. The molecule has 3 aromatic rings. The van der Waals surface area contributed by atoms with Gasteiger partial charge in [-0.05, 0) is 79.4 Å². The summed E-state index contributed by atoms with van der Waals surface area (Å²) in [6, 6.07) is 20.4. The summed E-state index contributed by atoms with van der Waals surface area (Å²) in [6.07, 6.45) is 3.80. The standard InChI is InChI=1S/C27H30FN3O2/c1-20(32)30-27(26-7-2-3-14-29-26)23-12-15-31(16-13-23)18-21-8-10-25(11-9-21)33-19-22-5-4-6-24(28)17-22/h2-11,14,17,23,27H,12-13,15-16,18-19H2,1H3,(H,30,32)/t27-/m1/s1. The summed E-state index contributed by atoms with van der Waals surface area (Å²) in [7, 11) is 0. The number of halogens is 1. The number of amides is 1. The van der Waals surface area contributed by atoms with Crippen molar-refractivity contribution in [2.75, 3.05) is 13.1 Å². The first-order valence-electron chi connectivity index (χ1n) is 11.4. The molecule has 2 heterocycles. The molecule has 0 aliphatic carbocycles. The summed E-state index contributed by atoms with van der Waals surface area (Å²) in [4.78, 5) is 18.7. The molecule has 1 saturated heterocycles. The van der Waals surface area contributed by atoms with Crippen LogP contribution in [-0.2, 0) is 17.9 Å². The molecule has 2 aromatic carbocycles. The van der Waals surface area contributed by atoms with Crippen LogP contribution < -0.4 is 10.1 Å². The zero-order chi connectivity index (χ0) is 23.0. The predicted molar refractivity (Wildman–Crippen MR) is 126 cm³/mol. The fourth-order valence-electron chi connectivity index (χ4n) is 4.40. The fraction of sp³-hybridized carbons (Fsp3) is 0.333. The zero-order valence-electron chi connectivity index (χ0n) is 18.9. The van der Waals surface area contributed by atoms with Crippen LogP contribution in [0.25, 0.3) is 0 Å². The van der Waals surface area contributed by atoms with Gasteiger partial charge in [-0.1, -0.05) is 30.3 Å². The second-order valence-corrected chi connectivity index (χ2v) is 8.61. The van der Waals surface area contributed by atoms with E-state index in [1.807, 2.05) is 36.4 Å². The maximum atomic E-state index is 13.3. The van der Waals surface area contributed by atoms with Crippen LogP contribution in [0.4, 0.5) is 4.39 Å². The molecule has 1 aliphatic heterocycles. The number of pyridine rings is 1. The summed E-state index contributed by atoms with van der Waals surface area (Å²) >= 11 is 0. The van der Waals surface area contributed by atoms with Crippen molar-refractivity contribution < 1.29 is 13.9 Å². The summed E-state index contributed by atoms with van der Waals surface area (Å²) < 4.78 is 19.1.